The normalized spacial score (nSPS) is 15.2. The summed E-state index contributed by atoms with van der Waals surface area (Å²) in [5, 5.41) is 6.81. The fraction of sp³-hybridized carbons (Fsp3) is 0.480. The van der Waals surface area contributed by atoms with Crippen molar-refractivity contribution in [3.63, 3.8) is 0 Å². The molecule has 0 aliphatic carbocycles. The molecule has 1 aliphatic rings. The first-order chi connectivity index (χ1) is 15.1. The van der Waals surface area contributed by atoms with Gasteiger partial charge in [-0.05, 0) is 43.1 Å². The number of hydrogen-bond donors (Lipinski definition) is 2. The summed E-state index contributed by atoms with van der Waals surface area (Å²) in [7, 11) is 5.72. The van der Waals surface area contributed by atoms with E-state index in [1.165, 1.54) is 22.3 Å². The van der Waals surface area contributed by atoms with Gasteiger partial charge in [-0.1, -0.05) is 42.0 Å². The quantitative estimate of drug-likeness (QED) is 0.300. The van der Waals surface area contributed by atoms with Crippen molar-refractivity contribution in [2.24, 2.45) is 4.99 Å². The van der Waals surface area contributed by atoms with Gasteiger partial charge in [-0.2, -0.15) is 0 Å². The van der Waals surface area contributed by atoms with E-state index in [1.54, 1.807) is 7.11 Å². The first-order valence-corrected chi connectivity index (χ1v) is 11.1. The molecule has 1 heterocycles. The molecule has 176 valence electrons. The van der Waals surface area contributed by atoms with E-state index in [9.17, 15) is 0 Å². The van der Waals surface area contributed by atoms with Gasteiger partial charge in [-0.15, -0.1) is 24.0 Å². The summed E-state index contributed by atoms with van der Waals surface area (Å²) >= 11 is 0. The van der Waals surface area contributed by atoms with Crippen LogP contribution in [0.3, 0.4) is 0 Å². The van der Waals surface area contributed by atoms with Crippen molar-refractivity contribution in [2.75, 3.05) is 53.9 Å². The first-order valence-electron chi connectivity index (χ1n) is 11.1. The van der Waals surface area contributed by atoms with Crippen LogP contribution in [0.4, 0.5) is 0 Å². The lowest BCUT2D eigenvalue weighted by Gasteiger charge is -2.32. The Bertz CT molecular complexity index is 848. The highest BCUT2D eigenvalue weighted by Crippen LogP contribution is 2.19. The zero-order chi connectivity index (χ0) is 22.1. The Balaban J connectivity index is 0.00000363. The summed E-state index contributed by atoms with van der Waals surface area (Å²) in [4.78, 5) is 9.27. The lowest BCUT2D eigenvalue weighted by Crippen LogP contribution is -2.43. The van der Waals surface area contributed by atoms with E-state index in [0.717, 1.165) is 63.9 Å². The standard InChI is InChI=1S/C25H37N5O.HI/c1-20-5-10-24(31-4)23(17-20)11-12-27-25(26-2)28-18-21-6-8-22(9-7-21)19-30-15-13-29(3)14-16-30;/h5-10,17H,11-16,18-19H2,1-4H3,(H2,26,27,28);1H. The van der Waals surface area contributed by atoms with Gasteiger partial charge in [0, 0.05) is 52.9 Å². The number of nitrogens with zero attached hydrogens (tertiary/aromatic N) is 3. The summed E-state index contributed by atoms with van der Waals surface area (Å²) in [5.74, 6) is 1.75. The Morgan fingerprint density at radius 1 is 1.00 bits per heavy atom. The van der Waals surface area contributed by atoms with Gasteiger partial charge in [0.2, 0.25) is 0 Å². The van der Waals surface area contributed by atoms with E-state index in [-0.39, 0.29) is 24.0 Å². The molecule has 32 heavy (non-hydrogen) atoms. The Morgan fingerprint density at radius 3 is 2.34 bits per heavy atom. The second kappa shape index (κ2) is 13.6. The van der Waals surface area contributed by atoms with E-state index in [1.807, 2.05) is 13.1 Å². The number of aliphatic imine (C=N–C) groups is 1. The molecule has 0 saturated carbocycles. The lowest BCUT2D eigenvalue weighted by atomic mass is 10.1. The third-order valence-corrected chi connectivity index (χ3v) is 5.83. The molecule has 2 N–H and O–H groups in total. The van der Waals surface area contributed by atoms with Crippen LogP contribution in [0, 0.1) is 6.92 Å². The monoisotopic (exact) mass is 551 g/mol. The van der Waals surface area contributed by atoms with Crippen molar-refractivity contribution in [1.82, 2.24) is 20.4 Å². The zero-order valence-electron chi connectivity index (χ0n) is 19.9. The van der Waals surface area contributed by atoms with Crippen LogP contribution in [0.15, 0.2) is 47.5 Å². The van der Waals surface area contributed by atoms with Gasteiger partial charge < -0.3 is 20.3 Å². The predicted octanol–water partition coefficient (Wildman–Crippen LogP) is 3.28. The van der Waals surface area contributed by atoms with Gasteiger partial charge in [-0.25, -0.2) is 0 Å². The molecule has 6 nitrogen and oxygen atoms in total. The van der Waals surface area contributed by atoms with Crippen molar-refractivity contribution >= 4 is 29.9 Å². The van der Waals surface area contributed by atoms with E-state index in [4.69, 9.17) is 4.74 Å². The molecule has 7 heteroatoms. The largest absolute Gasteiger partial charge is 0.496 e. The Labute approximate surface area is 210 Å². The second-order valence-corrected chi connectivity index (χ2v) is 8.31. The molecular weight excluding hydrogens is 513 g/mol. The van der Waals surface area contributed by atoms with Crippen molar-refractivity contribution in [1.29, 1.82) is 0 Å². The first kappa shape index (κ1) is 26.4. The fourth-order valence-corrected chi connectivity index (χ4v) is 3.85. The molecule has 0 spiro atoms. The number of hydrogen-bond acceptors (Lipinski definition) is 4. The minimum atomic E-state index is 0. The molecule has 0 unspecified atom stereocenters. The number of rotatable bonds is 8. The van der Waals surface area contributed by atoms with Gasteiger partial charge >= 0.3 is 0 Å². The zero-order valence-corrected chi connectivity index (χ0v) is 22.2. The van der Waals surface area contributed by atoms with Gasteiger partial charge in [0.15, 0.2) is 5.96 Å². The lowest BCUT2D eigenvalue weighted by molar-refractivity contribution is 0.148. The number of halogens is 1. The SMILES string of the molecule is CN=C(NCCc1cc(C)ccc1OC)NCc1ccc(CN2CCN(C)CC2)cc1.I. The summed E-state index contributed by atoms with van der Waals surface area (Å²) in [6.07, 6.45) is 0.881. The van der Waals surface area contributed by atoms with Crippen LogP contribution < -0.4 is 15.4 Å². The van der Waals surface area contributed by atoms with Crippen LogP contribution >= 0.6 is 24.0 Å². The second-order valence-electron chi connectivity index (χ2n) is 8.31. The third kappa shape index (κ3) is 8.26. The topological polar surface area (TPSA) is 52.1 Å². The third-order valence-electron chi connectivity index (χ3n) is 5.83. The Morgan fingerprint density at radius 2 is 1.69 bits per heavy atom. The van der Waals surface area contributed by atoms with Crippen molar-refractivity contribution < 1.29 is 4.74 Å². The van der Waals surface area contributed by atoms with Crippen LogP contribution in [0.1, 0.15) is 22.3 Å². The number of benzene rings is 2. The van der Waals surface area contributed by atoms with Crippen LogP contribution in [0.2, 0.25) is 0 Å². The van der Waals surface area contributed by atoms with Crippen LogP contribution in [0.25, 0.3) is 0 Å². The number of likely N-dealkylation sites (N-methyl/N-ethyl adjacent to an activating group) is 1. The average Bonchev–Trinajstić information content (AvgIpc) is 2.79. The number of aryl methyl sites for hydroxylation is 1. The highest BCUT2D eigenvalue weighted by Gasteiger charge is 2.13. The van der Waals surface area contributed by atoms with Crippen molar-refractivity contribution in [2.45, 2.75) is 26.4 Å². The molecular formula is C25H38IN5O. The number of ether oxygens (including phenoxy) is 1. The van der Waals surface area contributed by atoms with Crippen molar-refractivity contribution in [3.8, 4) is 5.75 Å². The van der Waals surface area contributed by atoms with Gasteiger partial charge in [-0.3, -0.25) is 9.89 Å². The fourth-order valence-electron chi connectivity index (χ4n) is 3.85. The molecule has 0 amide bonds. The van der Waals surface area contributed by atoms with Crippen molar-refractivity contribution in [3.05, 3.63) is 64.7 Å². The van der Waals surface area contributed by atoms with Gasteiger partial charge in [0.05, 0.1) is 7.11 Å². The highest BCUT2D eigenvalue weighted by atomic mass is 127. The predicted molar refractivity (Wildman–Crippen MR) is 144 cm³/mol. The van der Waals surface area contributed by atoms with Crippen LogP contribution in [-0.4, -0.2) is 69.7 Å². The molecule has 2 aromatic carbocycles. The van der Waals surface area contributed by atoms with Crippen LogP contribution in [0.5, 0.6) is 5.75 Å². The number of guanidine groups is 1. The molecule has 0 atom stereocenters. The average molecular weight is 552 g/mol. The molecule has 1 fully saturated rings. The number of methoxy groups -OCH3 is 1. The summed E-state index contributed by atoms with van der Waals surface area (Å²) in [6.45, 7) is 9.30. The van der Waals surface area contributed by atoms with E-state index < -0.39 is 0 Å². The Kier molecular flexibility index (Phi) is 11.3. The van der Waals surface area contributed by atoms with Gasteiger partial charge in [0.1, 0.15) is 5.75 Å². The summed E-state index contributed by atoms with van der Waals surface area (Å²) < 4.78 is 5.47. The minimum absolute atomic E-state index is 0. The van der Waals surface area contributed by atoms with E-state index in [0.29, 0.717) is 0 Å². The maximum absolute atomic E-state index is 5.47. The van der Waals surface area contributed by atoms with E-state index >= 15 is 0 Å². The number of piperazine rings is 1. The molecule has 2 aromatic rings. The Hall–Kier alpha value is -1.84. The molecule has 1 aliphatic heterocycles. The highest BCUT2D eigenvalue weighted by molar-refractivity contribution is 14.0. The summed E-state index contributed by atoms with van der Waals surface area (Å²) in [6, 6.07) is 15.2. The smallest absolute Gasteiger partial charge is 0.191 e. The van der Waals surface area contributed by atoms with Crippen LogP contribution in [-0.2, 0) is 19.5 Å². The maximum Gasteiger partial charge on any atom is 0.191 e. The molecule has 0 aromatic heterocycles. The molecule has 3 rings (SSSR count). The van der Waals surface area contributed by atoms with E-state index in [2.05, 4.69) is 75.8 Å². The maximum atomic E-state index is 5.47. The molecule has 0 radical (unpaired) electrons. The summed E-state index contributed by atoms with van der Waals surface area (Å²) in [5.41, 5.74) is 5.09. The molecule has 1 saturated heterocycles. The number of nitrogens with one attached hydrogen (secondary N) is 2. The van der Waals surface area contributed by atoms with Gasteiger partial charge in [0.25, 0.3) is 0 Å². The molecule has 0 bridgehead atoms. The minimum Gasteiger partial charge on any atom is -0.496 e.